The summed E-state index contributed by atoms with van der Waals surface area (Å²) in [5, 5.41) is 20.6. The minimum atomic E-state index is -0.734. The molecule has 1 aromatic carbocycles. The summed E-state index contributed by atoms with van der Waals surface area (Å²) in [4.78, 5) is 24.8. The number of hydrogen-bond donors (Lipinski definition) is 4. The number of aliphatic hydroxyl groups is 1. The molecule has 2 amide bonds. The molecule has 136 valence electrons. The van der Waals surface area contributed by atoms with Crippen LogP contribution in [0.3, 0.4) is 0 Å². The molecular weight excluding hydrogens is 324 g/mol. The van der Waals surface area contributed by atoms with Crippen LogP contribution in [0, 0.1) is 5.41 Å². The first-order valence-electron chi connectivity index (χ1n) is 8.16. The van der Waals surface area contributed by atoms with E-state index in [1.54, 1.807) is 29.2 Å². The minimum absolute atomic E-state index is 0.0246. The van der Waals surface area contributed by atoms with E-state index in [9.17, 15) is 14.7 Å². The van der Waals surface area contributed by atoms with Gasteiger partial charge < -0.3 is 25.8 Å². The lowest BCUT2D eigenvalue weighted by atomic mass is 10.00. The number of nitrogens with two attached hydrogens (primary N) is 1. The van der Waals surface area contributed by atoms with E-state index in [2.05, 4.69) is 10.1 Å². The number of amides is 2. The molecule has 0 aromatic heterocycles. The average Bonchev–Trinajstić information content (AvgIpc) is 2.94. The molecule has 0 bridgehead atoms. The lowest BCUT2D eigenvalue weighted by Gasteiger charge is -2.25. The second-order valence-electron chi connectivity index (χ2n) is 6.00. The average molecular weight is 348 g/mol. The molecule has 2 unspecified atom stereocenters. The molecule has 25 heavy (non-hydrogen) atoms. The molecule has 0 spiro atoms. The van der Waals surface area contributed by atoms with Crippen LogP contribution in [0.2, 0.25) is 0 Å². The molecule has 8 heteroatoms. The fourth-order valence-corrected chi connectivity index (χ4v) is 2.85. The molecule has 1 fully saturated rings. The summed E-state index contributed by atoms with van der Waals surface area (Å²) in [5.41, 5.74) is 6.72. The largest absolute Gasteiger partial charge is 0.469 e. The van der Waals surface area contributed by atoms with Gasteiger partial charge in [0.25, 0.3) is 0 Å². The van der Waals surface area contributed by atoms with Crippen LogP contribution in [0.4, 0.5) is 4.79 Å². The molecule has 0 radical (unpaired) electrons. The van der Waals surface area contributed by atoms with E-state index in [-0.39, 0.29) is 30.3 Å². The molecular formula is C17H24N4O4. The number of amidine groups is 1. The van der Waals surface area contributed by atoms with Crippen molar-refractivity contribution in [2.45, 2.75) is 31.4 Å². The second kappa shape index (κ2) is 8.48. The minimum Gasteiger partial charge on any atom is -0.469 e. The van der Waals surface area contributed by atoms with E-state index in [1.165, 1.54) is 7.11 Å². The smallest absolute Gasteiger partial charge is 0.317 e. The zero-order valence-corrected chi connectivity index (χ0v) is 14.2. The van der Waals surface area contributed by atoms with Gasteiger partial charge in [0.05, 0.1) is 19.3 Å². The van der Waals surface area contributed by atoms with Gasteiger partial charge in [0.1, 0.15) is 5.84 Å². The topological polar surface area (TPSA) is 129 Å². The van der Waals surface area contributed by atoms with Crippen molar-refractivity contribution in [3.05, 3.63) is 35.4 Å². The number of ether oxygens (including phenoxy) is 1. The number of methoxy groups -OCH3 is 1. The number of hydrogen-bond acceptors (Lipinski definition) is 5. The van der Waals surface area contributed by atoms with Crippen molar-refractivity contribution >= 4 is 17.8 Å². The van der Waals surface area contributed by atoms with Gasteiger partial charge in [-0.05, 0) is 18.4 Å². The van der Waals surface area contributed by atoms with Crippen molar-refractivity contribution in [3.8, 4) is 0 Å². The maximum absolute atomic E-state index is 11.9. The normalized spacial score (nSPS) is 17.9. The zero-order valence-electron chi connectivity index (χ0n) is 14.2. The van der Waals surface area contributed by atoms with Crippen LogP contribution in [0.25, 0.3) is 0 Å². The quantitative estimate of drug-likeness (QED) is 0.313. The van der Waals surface area contributed by atoms with Gasteiger partial charge in [-0.25, -0.2) is 4.79 Å². The number of rotatable bonds is 8. The van der Waals surface area contributed by atoms with Crippen molar-refractivity contribution in [2.24, 2.45) is 5.73 Å². The van der Waals surface area contributed by atoms with Crippen molar-refractivity contribution < 1.29 is 19.4 Å². The number of aliphatic hydroxyl groups excluding tert-OH is 1. The third-order valence-corrected chi connectivity index (χ3v) is 4.30. The molecule has 2 atom stereocenters. The number of nitrogens with one attached hydrogen (secondary N) is 2. The van der Waals surface area contributed by atoms with Crippen LogP contribution in [0.5, 0.6) is 0 Å². The number of benzene rings is 1. The van der Waals surface area contributed by atoms with Crippen LogP contribution < -0.4 is 11.1 Å². The Kier molecular flexibility index (Phi) is 6.35. The van der Waals surface area contributed by atoms with E-state index in [1.807, 2.05) is 0 Å². The van der Waals surface area contributed by atoms with E-state index in [0.717, 1.165) is 0 Å². The molecule has 5 N–H and O–H groups in total. The molecule has 0 saturated carbocycles. The van der Waals surface area contributed by atoms with Gasteiger partial charge in [-0.15, -0.1) is 0 Å². The summed E-state index contributed by atoms with van der Waals surface area (Å²) in [6.45, 7) is 0.890. The molecule has 2 rings (SSSR count). The highest BCUT2D eigenvalue weighted by Crippen LogP contribution is 2.23. The van der Waals surface area contributed by atoms with Crippen molar-refractivity contribution in [1.29, 1.82) is 5.41 Å². The maximum atomic E-state index is 11.9. The highest BCUT2D eigenvalue weighted by molar-refractivity contribution is 5.94. The van der Waals surface area contributed by atoms with Gasteiger partial charge in [-0.1, -0.05) is 24.3 Å². The molecule has 1 aliphatic rings. The molecule has 1 heterocycles. The monoisotopic (exact) mass is 348 g/mol. The third kappa shape index (κ3) is 4.93. The standard InChI is InChI=1S/C17H24N4O4/c1-25-15(23)3-2-8-21-13(10-20-17(21)24)9-14(22)11-4-6-12(7-5-11)16(18)19/h4-7,13-14,22H,2-3,8-10H2,1H3,(H3,18,19)(H,20,24). The molecule has 8 nitrogen and oxygen atoms in total. The second-order valence-corrected chi connectivity index (χ2v) is 6.00. The molecule has 1 saturated heterocycles. The number of nitrogens with zero attached hydrogens (tertiary/aromatic N) is 1. The highest BCUT2D eigenvalue weighted by Gasteiger charge is 2.32. The number of urea groups is 1. The van der Waals surface area contributed by atoms with E-state index < -0.39 is 6.10 Å². The van der Waals surface area contributed by atoms with Gasteiger partial charge in [0, 0.05) is 25.1 Å². The van der Waals surface area contributed by atoms with Crippen molar-refractivity contribution in [1.82, 2.24) is 10.2 Å². The lowest BCUT2D eigenvalue weighted by Crippen LogP contribution is -2.36. The van der Waals surface area contributed by atoms with Gasteiger partial charge >= 0.3 is 12.0 Å². The Labute approximate surface area is 146 Å². The van der Waals surface area contributed by atoms with Gasteiger partial charge in [-0.3, -0.25) is 10.2 Å². The third-order valence-electron chi connectivity index (χ3n) is 4.30. The fourth-order valence-electron chi connectivity index (χ4n) is 2.85. The fraction of sp³-hybridized carbons (Fsp3) is 0.471. The van der Waals surface area contributed by atoms with E-state index in [4.69, 9.17) is 11.1 Å². The Bertz CT molecular complexity index is 632. The number of nitrogen functional groups attached to an aromatic ring is 1. The summed E-state index contributed by atoms with van der Waals surface area (Å²) in [5.74, 6) is -0.329. The Morgan fingerprint density at radius 1 is 1.48 bits per heavy atom. The van der Waals surface area contributed by atoms with Gasteiger partial charge in [-0.2, -0.15) is 0 Å². The summed E-state index contributed by atoms with van der Waals surface area (Å²) in [6.07, 6.45) is 0.417. The number of esters is 1. The van der Waals surface area contributed by atoms with Crippen LogP contribution in [-0.4, -0.2) is 54.1 Å². The Morgan fingerprint density at radius 2 is 2.16 bits per heavy atom. The van der Waals surface area contributed by atoms with Crippen LogP contribution in [0.1, 0.15) is 36.5 Å². The van der Waals surface area contributed by atoms with Crippen LogP contribution >= 0.6 is 0 Å². The van der Waals surface area contributed by atoms with Crippen molar-refractivity contribution in [3.63, 3.8) is 0 Å². The summed E-state index contributed by atoms with van der Waals surface area (Å²) in [7, 11) is 1.33. The summed E-state index contributed by atoms with van der Waals surface area (Å²) in [6, 6.07) is 6.50. The maximum Gasteiger partial charge on any atom is 0.317 e. The first kappa shape index (κ1) is 18.7. The molecule has 1 aromatic rings. The highest BCUT2D eigenvalue weighted by atomic mass is 16.5. The predicted octanol–water partition coefficient (Wildman–Crippen LogP) is 0.741. The van der Waals surface area contributed by atoms with Crippen LogP contribution in [-0.2, 0) is 9.53 Å². The Morgan fingerprint density at radius 3 is 2.76 bits per heavy atom. The van der Waals surface area contributed by atoms with Crippen LogP contribution in [0.15, 0.2) is 24.3 Å². The van der Waals surface area contributed by atoms with E-state index in [0.29, 0.717) is 37.1 Å². The first-order valence-corrected chi connectivity index (χ1v) is 8.16. The predicted molar refractivity (Wildman–Crippen MR) is 92.2 cm³/mol. The Hall–Kier alpha value is -2.61. The first-order chi connectivity index (χ1) is 11.9. The van der Waals surface area contributed by atoms with Gasteiger partial charge in [0.15, 0.2) is 0 Å². The summed E-state index contributed by atoms with van der Waals surface area (Å²) >= 11 is 0. The van der Waals surface area contributed by atoms with E-state index >= 15 is 0 Å². The summed E-state index contributed by atoms with van der Waals surface area (Å²) < 4.78 is 4.60. The number of carbonyl (C=O) groups is 2. The van der Waals surface area contributed by atoms with Crippen molar-refractivity contribution in [2.75, 3.05) is 20.2 Å². The molecule has 1 aliphatic heterocycles. The SMILES string of the molecule is COC(=O)CCCN1C(=O)NCC1CC(O)c1ccc(C(=N)N)cc1. The zero-order chi connectivity index (χ0) is 18.4. The molecule has 0 aliphatic carbocycles. The lowest BCUT2D eigenvalue weighted by molar-refractivity contribution is -0.140. The Balaban J connectivity index is 1.93. The van der Waals surface area contributed by atoms with Gasteiger partial charge in [0.2, 0.25) is 0 Å². The number of carbonyl (C=O) groups excluding carboxylic acids is 2.